The predicted octanol–water partition coefficient (Wildman–Crippen LogP) is 3.77. The third kappa shape index (κ3) is 5.88. The maximum atomic E-state index is 13.1. The van der Waals surface area contributed by atoms with Crippen LogP contribution in [-0.2, 0) is 0 Å². The van der Waals surface area contributed by atoms with Crippen molar-refractivity contribution in [2.45, 2.75) is 18.9 Å². The number of likely N-dealkylation sites (tertiary alicyclic amines) is 1. The average molecular weight is 393 g/mol. The maximum absolute atomic E-state index is 13.1. The normalized spacial score (nSPS) is 16.8. The maximum Gasteiger partial charge on any atom is 0.319 e. The van der Waals surface area contributed by atoms with Crippen molar-refractivity contribution in [3.05, 3.63) is 59.9 Å². The number of rotatable bonds is 7. The van der Waals surface area contributed by atoms with E-state index in [0.717, 1.165) is 44.6 Å². The molecule has 2 aromatic carbocycles. The first kappa shape index (κ1) is 20.0. The molecule has 0 aromatic heterocycles. The van der Waals surface area contributed by atoms with E-state index in [-0.39, 0.29) is 17.6 Å². The Labute approximate surface area is 161 Å². The van der Waals surface area contributed by atoms with Crippen molar-refractivity contribution in [3.63, 3.8) is 0 Å². The molecule has 2 amide bonds. The van der Waals surface area contributed by atoms with Crippen molar-refractivity contribution in [1.29, 1.82) is 0 Å². The molecular weight excluding hydrogens is 371 g/mol. The first-order valence-electron chi connectivity index (χ1n) is 9.14. The Morgan fingerprint density at radius 1 is 1.11 bits per heavy atom. The van der Waals surface area contributed by atoms with Crippen LogP contribution >= 0.6 is 0 Å². The Bertz CT molecular complexity index is 802. The quantitative estimate of drug-likeness (QED) is 0.704. The van der Waals surface area contributed by atoms with E-state index >= 15 is 0 Å². The number of anilines is 1. The molecule has 1 fully saturated rings. The van der Waals surface area contributed by atoms with Crippen molar-refractivity contribution >= 4 is 11.7 Å². The van der Waals surface area contributed by atoms with Gasteiger partial charge in [-0.15, -0.1) is 0 Å². The van der Waals surface area contributed by atoms with Crippen LogP contribution in [0.2, 0.25) is 0 Å². The number of urea groups is 1. The van der Waals surface area contributed by atoms with Crippen LogP contribution in [-0.4, -0.2) is 43.2 Å². The minimum atomic E-state index is -1.01. The predicted molar refractivity (Wildman–Crippen MR) is 99.9 cm³/mol. The summed E-state index contributed by atoms with van der Waals surface area (Å²) in [7, 11) is 0. The molecule has 2 N–H and O–H groups in total. The number of carbonyl (C=O) groups excluding carboxylic acids is 1. The molecule has 1 saturated heterocycles. The molecule has 2 aromatic rings. The van der Waals surface area contributed by atoms with Crippen LogP contribution in [0.5, 0.6) is 5.75 Å². The zero-order chi connectivity index (χ0) is 19.9. The fourth-order valence-electron chi connectivity index (χ4n) is 3.06. The topological polar surface area (TPSA) is 53.6 Å². The molecule has 0 saturated carbocycles. The molecule has 5 nitrogen and oxygen atoms in total. The third-order valence-corrected chi connectivity index (χ3v) is 4.46. The van der Waals surface area contributed by atoms with E-state index in [9.17, 15) is 18.0 Å². The summed E-state index contributed by atoms with van der Waals surface area (Å²) in [5.41, 5.74) is 0.191. The lowest BCUT2D eigenvalue weighted by Crippen LogP contribution is -2.32. The summed E-state index contributed by atoms with van der Waals surface area (Å²) in [6, 6.07) is 8.70. The van der Waals surface area contributed by atoms with Gasteiger partial charge in [0.05, 0.1) is 0 Å². The number of carbonyl (C=O) groups is 1. The van der Waals surface area contributed by atoms with Gasteiger partial charge >= 0.3 is 6.03 Å². The summed E-state index contributed by atoms with van der Waals surface area (Å²) in [5.74, 6) is -1.60. The molecule has 0 radical (unpaired) electrons. The van der Waals surface area contributed by atoms with E-state index in [1.807, 2.05) is 0 Å². The van der Waals surface area contributed by atoms with Gasteiger partial charge in [-0.3, -0.25) is 4.90 Å². The summed E-state index contributed by atoms with van der Waals surface area (Å²) < 4.78 is 44.7. The molecule has 8 heteroatoms. The van der Waals surface area contributed by atoms with Crippen molar-refractivity contribution in [3.8, 4) is 5.75 Å². The number of hydrogen-bond donors (Lipinski definition) is 2. The van der Waals surface area contributed by atoms with Crippen molar-refractivity contribution in [1.82, 2.24) is 10.2 Å². The van der Waals surface area contributed by atoms with Gasteiger partial charge in [-0.2, -0.15) is 0 Å². The van der Waals surface area contributed by atoms with Gasteiger partial charge in [0.25, 0.3) is 0 Å². The van der Waals surface area contributed by atoms with Gasteiger partial charge in [0.2, 0.25) is 0 Å². The summed E-state index contributed by atoms with van der Waals surface area (Å²) in [6.45, 7) is 2.93. The average Bonchev–Trinajstić information content (AvgIpc) is 3.11. The highest BCUT2D eigenvalue weighted by Crippen LogP contribution is 2.19. The molecule has 1 unspecified atom stereocenters. The number of nitrogens with one attached hydrogen (secondary N) is 2. The van der Waals surface area contributed by atoms with Crippen molar-refractivity contribution in [2.24, 2.45) is 0 Å². The monoisotopic (exact) mass is 393 g/mol. The molecular formula is C20H22F3N3O2. The Morgan fingerprint density at radius 2 is 1.89 bits per heavy atom. The molecule has 1 aliphatic heterocycles. The highest BCUT2D eigenvalue weighted by atomic mass is 19.2. The first-order valence-corrected chi connectivity index (χ1v) is 9.14. The van der Waals surface area contributed by atoms with Crippen LogP contribution in [0.25, 0.3) is 0 Å². The van der Waals surface area contributed by atoms with Gasteiger partial charge in [-0.25, -0.2) is 18.0 Å². The summed E-state index contributed by atoms with van der Waals surface area (Å²) in [5, 5.41) is 5.15. The number of benzene rings is 2. The largest absolute Gasteiger partial charge is 0.489 e. The highest BCUT2D eigenvalue weighted by Gasteiger charge is 2.23. The Balaban J connectivity index is 1.31. The van der Waals surface area contributed by atoms with Crippen LogP contribution < -0.4 is 15.4 Å². The SMILES string of the molecule is O=C(NCCCN1CCC(Oc2ccc(F)cc2)C1)Nc1ccc(F)c(F)c1. The molecule has 150 valence electrons. The molecule has 1 heterocycles. The molecule has 0 bridgehead atoms. The van der Waals surface area contributed by atoms with E-state index in [4.69, 9.17) is 4.74 Å². The van der Waals surface area contributed by atoms with Crippen molar-refractivity contribution < 1.29 is 22.7 Å². The minimum absolute atomic E-state index is 0.0649. The zero-order valence-electron chi connectivity index (χ0n) is 15.3. The van der Waals surface area contributed by atoms with E-state index in [0.29, 0.717) is 12.3 Å². The minimum Gasteiger partial charge on any atom is -0.489 e. The number of hydrogen-bond acceptors (Lipinski definition) is 3. The zero-order valence-corrected chi connectivity index (χ0v) is 15.3. The van der Waals surface area contributed by atoms with E-state index in [1.54, 1.807) is 12.1 Å². The standard InChI is InChI=1S/C20H22F3N3O2/c21-14-2-5-16(6-3-14)28-17-8-11-26(13-17)10-1-9-24-20(27)25-15-4-7-18(22)19(23)12-15/h2-7,12,17H,1,8-11,13H2,(H2,24,25,27). The first-order chi connectivity index (χ1) is 13.5. The molecule has 1 aliphatic rings. The van der Waals surface area contributed by atoms with Crippen LogP contribution in [0.15, 0.2) is 42.5 Å². The van der Waals surface area contributed by atoms with E-state index in [1.165, 1.54) is 18.2 Å². The van der Waals surface area contributed by atoms with E-state index in [2.05, 4.69) is 15.5 Å². The van der Waals surface area contributed by atoms with E-state index < -0.39 is 17.7 Å². The second-order valence-electron chi connectivity index (χ2n) is 6.65. The number of halogens is 3. The Morgan fingerprint density at radius 3 is 2.64 bits per heavy atom. The van der Waals surface area contributed by atoms with Crippen molar-refractivity contribution in [2.75, 3.05) is 31.5 Å². The van der Waals surface area contributed by atoms with Gasteiger partial charge in [0.15, 0.2) is 11.6 Å². The Hall–Kier alpha value is -2.74. The van der Waals surface area contributed by atoms with Gasteiger partial charge in [0.1, 0.15) is 17.7 Å². The number of nitrogens with zero attached hydrogens (tertiary/aromatic N) is 1. The summed E-state index contributed by atoms with van der Waals surface area (Å²) >= 11 is 0. The molecule has 0 aliphatic carbocycles. The second-order valence-corrected chi connectivity index (χ2v) is 6.65. The second kappa shape index (κ2) is 9.45. The fraction of sp³-hybridized carbons (Fsp3) is 0.350. The number of ether oxygens (including phenoxy) is 1. The fourth-order valence-corrected chi connectivity index (χ4v) is 3.06. The van der Waals surface area contributed by atoms with Crippen LogP contribution in [0.3, 0.4) is 0 Å². The van der Waals surface area contributed by atoms with Gasteiger partial charge in [-0.1, -0.05) is 0 Å². The van der Waals surface area contributed by atoms with Crippen LogP contribution in [0.4, 0.5) is 23.7 Å². The van der Waals surface area contributed by atoms with Gasteiger partial charge < -0.3 is 15.4 Å². The molecule has 3 rings (SSSR count). The van der Waals surface area contributed by atoms with Gasteiger partial charge in [0, 0.05) is 31.4 Å². The molecule has 28 heavy (non-hydrogen) atoms. The number of amides is 2. The Kier molecular flexibility index (Phi) is 6.76. The van der Waals surface area contributed by atoms with Crippen LogP contribution in [0, 0.1) is 17.5 Å². The van der Waals surface area contributed by atoms with Crippen LogP contribution in [0.1, 0.15) is 12.8 Å². The lowest BCUT2D eigenvalue weighted by molar-refractivity contribution is 0.199. The highest BCUT2D eigenvalue weighted by molar-refractivity contribution is 5.89. The smallest absolute Gasteiger partial charge is 0.319 e. The molecule has 1 atom stereocenters. The summed E-state index contributed by atoms with van der Waals surface area (Å²) in [4.78, 5) is 14.0. The summed E-state index contributed by atoms with van der Waals surface area (Å²) in [6.07, 6.45) is 1.70. The lowest BCUT2D eigenvalue weighted by atomic mass is 10.3. The van der Waals surface area contributed by atoms with Gasteiger partial charge in [-0.05, 0) is 55.8 Å². The molecule has 0 spiro atoms. The lowest BCUT2D eigenvalue weighted by Gasteiger charge is -2.17. The third-order valence-electron chi connectivity index (χ3n) is 4.46.